The van der Waals surface area contributed by atoms with Gasteiger partial charge < -0.3 is 5.32 Å². The van der Waals surface area contributed by atoms with Gasteiger partial charge in [0.2, 0.25) is 5.91 Å². The number of nitrogens with one attached hydrogen (secondary N) is 2. The molecule has 2 heterocycles. The molecule has 3 atom stereocenters. The average Bonchev–Trinajstić information content (AvgIpc) is 3.08. The summed E-state index contributed by atoms with van der Waals surface area (Å²) in [7, 11) is 2.56. The number of nitrogens with zero attached hydrogens (tertiary/aromatic N) is 1. The monoisotopic (exact) mass is 517 g/mol. The molecule has 6 nitrogen and oxygen atoms in total. The van der Waals surface area contributed by atoms with Crippen LogP contribution in [0.25, 0.3) is 0 Å². The maximum atomic E-state index is 13.4. The Balaban J connectivity index is 2.06. The van der Waals surface area contributed by atoms with E-state index in [-0.39, 0.29) is 10.7 Å². The summed E-state index contributed by atoms with van der Waals surface area (Å²) in [5.41, 5.74) is -2.18. The highest BCUT2D eigenvalue weighted by Crippen LogP contribution is 2.46. The molecule has 1 aromatic heterocycles. The standard InChI is InChI=1S/C15H17B3BrClFN3O3S2/c1-24-15(18,13(25)22-7-2-3-9(21)8(20)6-7)12(16)14(17,23-29(24,26)27)10-4-5-11(19)28-10/h2-6,12,23H,16-18H2,1H3,(H,22,25)/t12?,14-,15-/m0/s1. The van der Waals surface area contributed by atoms with Crippen LogP contribution < -0.4 is 10.0 Å². The van der Waals surface area contributed by atoms with E-state index in [9.17, 15) is 17.6 Å². The molecule has 1 aliphatic heterocycles. The summed E-state index contributed by atoms with van der Waals surface area (Å²) < 4.78 is 44.0. The molecule has 2 N–H and O–H groups in total. The molecule has 1 saturated heterocycles. The lowest BCUT2D eigenvalue weighted by Gasteiger charge is -2.54. The van der Waals surface area contributed by atoms with Crippen molar-refractivity contribution in [2.45, 2.75) is 16.7 Å². The van der Waals surface area contributed by atoms with Crippen LogP contribution in [0.3, 0.4) is 0 Å². The van der Waals surface area contributed by atoms with Crippen molar-refractivity contribution in [3.63, 3.8) is 0 Å². The van der Waals surface area contributed by atoms with Crippen LogP contribution in [0.1, 0.15) is 4.88 Å². The van der Waals surface area contributed by atoms with E-state index in [1.165, 1.54) is 30.5 Å². The minimum Gasteiger partial charge on any atom is -0.325 e. The number of carbonyl (C=O) groups excluding carboxylic acids is 1. The summed E-state index contributed by atoms with van der Waals surface area (Å²) in [6.07, 6.45) is 0. The summed E-state index contributed by atoms with van der Waals surface area (Å²) in [6, 6.07) is 7.46. The zero-order chi connectivity index (χ0) is 21.8. The largest absolute Gasteiger partial charge is 0.325 e. The first-order valence-electron chi connectivity index (χ1n) is 8.62. The van der Waals surface area contributed by atoms with Gasteiger partial charge >= 0.3 is 0 Å². The molecule has 0 aliphatic carbocycles. The number of hydrogen-bond donors (Lipinski definition) is 2. The molecule has 14 heteroatoms. The van der Waals surface area contributed by atoms with Crippen LogP contribution in [0.4, 0.5) is 10.1 Å². The SMILES string of the molecule is BC1[C@](B)(c2ccc(Br)s2)NS(=O)(=O)N(C)[C@]1(B)C(=O)Nc1ccc(F)c(Cl)c1. The van der Waals surface area contributed by atoms with Gasteiger partial charge in [0.25, 0.3) is 10.2 Å². The van der Waals surface area contributed by atoms with Crippen LogP contribution in [0.15, 0.2) is 34.1 Å². The van der Waals surface area contributed by atoms with Gasteiger partial charge in [0.05, 0.1) is 14.2 Å². The van der Waals surface area contributed by atoms with Crippen molar-refractivity contribution in [1.82, 2.24) is 9.03 Å². The number of anilines is 1. The molecule has 1 aromatic carbocycles. The van der Waals surface area contributed by atoms with Gasteiger partial charge in [-0.25, -0.2) is 4.39 Å². The lowest BCUT2D eigenvalue weighted by molar-refractivity contribution is -0.122. The van der Waals surface area contributed by atoms with Crippen LogP contribution in [-0.2, 0) is 20.4 Å². The van der Waals surface area contributed by atoms with Gasteiger partial charge in [0, 0.05) is 23.1 Å². The van der Waals surface area contributed by atoms with E-state index >= 15 is 0 Å². The summed E-state index contributed by atoms with van der Waals surface area (Å²) >= 11 is 10.6. The van der Waals surface area contributed by atoms with E-state index in [1.54, 1.807) is 15.7 Å². The third kappa shape index (κ3) is 3.81. The predicted molar refractivity (Wildman–Crippen MR) is 126 cm³/mol. The molecular weight excluding hydrogens is 501 g/mol. The van der Waals surface area contributed by atoms with Gasteiger partial charge in [-0.1, -0.05) is 11.6 Å². The smallest absolute Gasteiger partial charge is 0.279 e. The molecule has 1 amide bonds. The third-order valence-corrected chi connectivity index (χ3v) is 9.72. The van der Waals surface area contributed by atoms with Gasteiger partial charge in [0.1, 0.15) is 29.4 Å². The second-order valence-corrected chi connectivity index (χ2v) is 11.9. The fourth-order valence-corrected chi connectivity index (χ4v) is 7.06. The first-order valence-corrected chi connectivity index (χ1v) is 12.1. The first kappa shape index (κ1) is 22.8. The van der Waals surface area contributed by atoms with Crippen molar-refractivity contribution in [2.75, 3.05) is 12.4 Å². The molecule has 3 rings (SSSR count). The number of benzene rings is 1. The number of carbonyl (C=O) groups is 1. The molecule has 0 saturated carbocycles. The summed E-state index contributed by atoms with van der Waals surface area (Å²) in [5.74, 6) is -1.62. The molecule has 1 aliphatic rings. The molecule has 0 spiro atoms. The van der Waals surface area contributed by atoms with E-state index in [2.05, 4.69) is 26.0 Å². The van der Waals surface area contributed by atoms with Crippen molar-refractivity contribution >= 4 is 84.2 Å². The molecule has 29 heavy (non-hydrogen) atoms. The predicted octanol–water partition coefficient (Wildman–Crippen LogP) is 0.258. The quantitative estimate of drug-likeness (QED) is 0.573. The Morgan fingerprint density at radius 1 is 1.38 bits per heavy atom. The summed E-state index contributed by atoms with van der Waals surface area (Å²) in [6.45, 7) is 0. The summed E-state index contributed by atoms with van der Waals surface area (Å²) in [4.78, 5) is 14.1. The van der Waals surface area contributed by atoms with Gasteiger partial charge in [-0.3, -0.25) is 4.79 Å². The van der Waals surface area contributed by atoms with Crippen molar-refractivity contribution in [3.8, 4) is 0 Å². The second kappa shape index (κ2) is 7.69. The number of thiophene rings is 1. The Bertz CT molecular complexity index is 1090. The number of halogens is 3. The minimum absolute atomic E-state index is 0.138. The Hall–Kier alpha value is -0.845. The lowest BCUT2D eigenvalue weighted by atomic mass is 9.47. The maximum Gasteiger partial charge on any atom is 0.279 e. The van der Waals surface area contributed by atoms with E-state index in [0.29, 0.717) is 0 Å². The maximum absolute atomic E-state index is 13.4. The highest BCUT2D eigenvalue weighted by Gasteiger charge is 2.59. The first-order chi connectivity index (χ1) is 13.3. The van der Waals surface area contributed by atoms with E-state index in [4.69, 9.17) is 11.6 Å². The highest BCUT2D eigenvalue weighted by atomic mass is 79.9. The van der Waals surface area contributed by atoms with E-state index in [0.717, 1.165) is 19.0 Å². The summed E-state index contributed by atoms with van der Waals surface area (Å²) in [5, 5.41) is 2.55. The fourth-order valence-electron chi connectivity index (χ4n) is 3.54. The van der Waals surface area contributed by atoms with E-state index < -0.39 is 38.6 Å². The lowest BCUT2D eigenvalue weighted by Crippen LogP contribution is -2.74. The molecule has 0 bridgehead atoms. The Morgan fingerprint density at radius 2 is 2.03 bits per heavy atom. The molecular formula is C15H17B3BrClFN3O3S2. The van der Waals surface area contributed by atoms with Crippen LogP contribution in [-0.4, -0.2) is 54.7 Å². The Kier molecular flexibility index (Phi) is 6.05. The number of hydrogen-bond acceptors (Lipinski definition) is 4. The second-order valence-electron chi connectivity index (χ2n) is 7.33. The van der Waals surface area contributed by atoms with Gasteiger partial charge in [0.15, 0.2) is 0 Å². The Labute approximate surface area is 189 Å². The third-order valence-electron chi connectivity index (χ3n) is 5.79. The molecule has 2 aromatic rings. The van der Waals surface area contributed by atoms with Crippen LogP contribution in [0.2, 0.25) is 10.8 Å². The van der Waals surface area contributed by atoms with Gasteiger partial charge in [-0.05, 0) is 52.1 Å². The van der Waals surface area contributed by atoms with Crippen molar-refractivity contribution in [3.05, 3.63) is 49.8 Å². The van der Waals surface area contributed by atoms with E-state index in [1.807, 2.05) is 20.0 Å². The van der Waals surface area contributed by atoms with Crippen molar-refractivity contribution in [2.24, 2.45) is 0 Å². The number of likely N-dealkylation sites (N-methyl/N-ethyl adjacent to an activating group) is 1. The molecule has 1 unspecified atom stereocenters. The van der Waals surface area contributed by atoms with Crippen molar-refractivity contribution < 1.29 is 17.6 Å². The zero-order valence-corrected chi connectivity index (χ0v) is 20.1. The van der Waals surface area contributed by atoms with Crippen LogP contribution in [0, 0.1) is 5.82 Å². The Morgan fingerprint density at radius 3 is 2.59 bits per heavy atom. The minimum atomic E-state index is -3.97. The van der Waals surface area contributed by atoms with Crippen LogP contribution >= 0.6 is 38.9 Å². The number of rotatable bonds is 3. The van der Waals surface area contributed by atoms with Gasteiger partial charge in [-0.15, -0.1) is 11.3 Å². The normalized spacial score (nSPS) is 29.4. The number of amides is 1. The molecule has 152 valence electrons. The highest BCUT2D eigenvalue weighted by molar-refractivity contribution is 9.11. The van der Waals surface area contributed by atoms with Crippen LogP contribution in [0.5, 0.6) is 0 Å². The van der Waals surface area contributed by atoms with Crippen molar-refractivity contribution in [1.29, 1.82) is 0 Å². The fraction of sp³-hybridized carbons (Fsp3) is 0.267. The molecule has 1 fully saturated rings. The average molecular weight is 518 g/mol. The zero-order valence-electron chi connectivity index (χ0n) is 16.1. The topological polar surface area (TPSA) is 78.5 Å². The van der Waals surface area contributed by atoms with Gasteiger partial charge in [-0.2, -0.15) is 17.4 Å². The molecule has 0 radical (unpaired) electrons.